The Bertz CT molecular complexity index is 1140. The summed E-state index contributed by atoms with van der Waals surface area (Å²) in [4.78, 5) is 0. The predicted octanol–water partition coefficient (Wildman–Crippen LogP) is 7.58. The standard InChI is InChI=1S/C35H56O4/c1-22-15-27(33(9,10)11)24(17-25(22)31(3,4)5)30(35(19-36,20-37)21-38)39-29-18-26(32(6,7)8)23(2)16-28(29)34(12,13)14/h15-18,30,36-38H,19-21H2,1-14H3. The summed E-state index contributed by atoms with van der Waals surface area (Å²) in [6.07, 6.45) is -0.787. The number of hydrogen-bond donors (Lipinski definition) is 3. The molecule has 39 heavy (non-hydrogen) atoms. The highest BCUT2D eigenvalue weighted by atomic mass is 16.5. The van der Waals surface area contributed by atoms with E-state index in [1.165, 1.54) is 22.3 Å². The Morgan fingerprint density at radius 2 is 0.897 bits per heavy atom. The highest BCUT2D eigenvalue weighted by molar-refractivity contribution is 5.50. The number of ether oxygens (including phenoxy) is 1. The molecule has 3 N–H and O–H groups in total. The first-order valence-corrected chi connectivity index (χ1v) is 14.3. The fraction of sp³-hybridized carbons (Fsp3) is 0.657. The van der Waals surface area contributed by atoms with Gasteiger partial charge in [0, 0.05) is 0 Å². The van der Waals surface area contributed by atoms with E-state index in [-0.39, 0.29) is 21.7 Å². The Morgan fingerprint density at radius 3 is 1.26 bits per heavy atom. The van der Waals surface area contributed by atoms with Gasteiger partial charge in [-0.15, -0.1) is 0 Å². The third kappa shape index (κ3) is 7.07. The Morgan fingerprint density at radius 1 is 0.538 bits per heavy atom. The van der Waals surface area contributed by atoms with Crippen LogP contribution >= 0.6 is 0 Å². The van der Waals surface area contributed by atoms with Crippen molar-refractivity contribution in [1.82, 2.24) is 0 Å². The van der Waals surface area contributed by atoms with Crippen LogP contribution in [0.2, 0.25) is 0 Å². The molecular weight excluding hydrogens is 484 g/mol. The number of aliphatic hydroxyl groups is 3. The molecule has 2 aromatic rings. The lowest BCUT2D eigenvalue weighted by molar-refractivity contribution is -0.0752. The molecule has 220 valence electrons. The molecule has 4 nitrogen and oxygen atoms in total. The monoisotopic (exact) mass is 540 g/mol. The molecule has 0 aliphatic carbocycles. The quantitative estimate of drug-likeness (QED) is 0.339. The van der Waals surface area contributed by atoms with Crippen molar-refractivity contribution in [2.45, 2.75) is 125 Å². The Balaban J connectivity index is 3.07. The van der Waals surface area contributed by atoms with Gasteiger partial charge in [-0.05, 0) is 80.5 Å². The summed E-state index contributed by atoms with van der Waals surface area (Å²) in [5, 5.41) is 32.2. The van der Waals surface area contributed by atoms with Crippen LogP contribution in [0.1, 0.15) is 128 Å². The third-order valence-corrected chi connectivity index (χ3v) is 7.98. The molecule has 0 saturated carbocycles. The largest absolute Gasteiger partial charge is 0.485 e. The summed E-state index contributed by atoms with van der Waals surface area (Å²) in [6, 6.07) is 8.76. The second-order valence-corrected chi connectivity index (χ2v) is 15.8. The van der Waals surface area contributed by atoms with Crippen molar-refractivity contribution in [3.63, 3.8) is 0 Å². The Kier molecular flexibility index (Phi) is 9.56. The summed E-state index contributed by atoms with van der Waals surface area (Å²) in [7, 11) is 0. The van der Waals surface area contributed by atoms with Crippen molar-refractivity contribution in [3.8, 4) is 5.75 Å². The minimum absolute atomic E-state index is 0.101. The van der Waals surface area contributed by atoms with E-state index in [2.05, 4.69) is 121 Å². The average molecular weight is 541 g/mol. The van der Waals surface area contributed by atoms with E-state index in [4.69, 9.17) is 4.74 Å². The van der Waals surface area contributed by atoms with Crippen LogP contribution < -0.4 is 4.74 Å². The van der Waals surface area contributed by atoms with Crippen molar-refractivity contribution < 1.29 is 20.1 Å². The number of hydrogen-bond acceptors (Lipinski definition) is 4. The van der Waals surface area contributed by atoms with E-state index >= 15 is 0 Å². The molecule has 4 heteroatoms. The van der Waals surface area contributed by atoms with Crippen LogP contribution in [0.5, 0.6) is 5.75 Å². The van der Waals surface area contributed by atoms with Crippen LogP contribution in [-0.4, -0.2) is 35.1 Å². The van der Waals surface area contributed by atoms with Gasteiger partial charge in [0.2, 0.25) is 0 Å². The summed E-state index contributed by atoms with van der Waals surface area (Å²) in [5.41, 5.74) is 5.82. The Labute approximate surface area is 238 Å². The number of aliphatic hydroxyl groups excluding tert-OH is 3. The first-order chi connectivity index (χ1) is 17.5. The van der Waals surface area contributed by atoms with E-state index in [0.29, 0.717) is 0 Å². The average Bonchev–Trinajstić information content (AvgIpc) is 2.77. The molecule has 0 heterocycles. The van der Waals surface area contributed by atoms with Gasteiger partial charge in [-0.2, -0.15) is 0 Å². The molecule has 1 atom stereocenters. The zero-order valence-corrected chi connectivity index (χ0v) is 27.3. The van der Waals surface area contributed by atoms with Crippen LogP contribution in [0, 0.1) is 19.3 Å². The van der Waals surface area contributed by atoms with Gasteiger partial charge in [0.15, 0.2) is 0 Å². The lowest BCUT2D eigenvalue weighted by Crippen LogP contribution is -2.44. The first-order valence-electron chi connectivity index (χ1n) is 14.3. The van der Waals surface area contributed by atoms with Crippen molar-refractivity contribution in [2.75, 3.05) is 19.8 Å². The van der Waals surface area contributed by atoms with Crippen LogP contribution in [0.3, 0.4) is 0 Å². The summed E-state index contributed by atoms with van der Waals surface area (Å²) >= 11 is 0. The second kappa shape index (κ2) is 11.2. The zero-order chi connectivity index (χ0) is 30.4. The van der Waals surface area contributed by atoms with Gasteiger partial charge in [0.1, 0.15) is 11.9 Å². The van der Waals surface area contributed by atoms with Crippen LogP contribution in [-0.2, 0) is 21.7 Å². The molecule has 2 rings (SSSR count). The first kappa shape index (κ1) is 33.3. The van der Waals surface area contributed by atoms with Gasteiger partial charge in [-0.3, -0.25) is 0 Å². The summed E-state index contributed by atoms with van der Waals surface area (Å²) in [6.45, 7) is 29.2. The molecule has 0 amide bonds. The Hall–Kier alpha value is -1.88. The van der Waals surface area contributed by atoms with E-state index in [0.717, 1.165) is 22.4 Å². The van der Waals surface area contributed by atoms with Crippen LogP contribution in [0.4, 0.5) is 0 Å². The topological polar surface area (TPSA) is 69.9 Å². The molecule has 0 spiro atoms. The highest BCUT2D eigenvalue weighted by Crippen LogP contribution is 2.47. The molecule has 0 bridgehead atoms. The summed E-state index contributed by atoms with van der Waals surface area (Å²) < 4.78 is 7.05. The zero-order valence-electron chi connectivity index (χ0n) is 27.3. The lowest BCUT2D eigenvalue weighted by atomic mass is 9.71. The van der Waals surface area contributed by atoms with Crippen LogP contribution in [0.25, 0.3) is 0 Å². The molecule has 2 aromatic carbocycles. The SMILES string of the molecule is Cc1cc(C(C)(C)C)c(OC(c2cc(C(C)(C)C)c(C)cc2C(C)(C)C)C(CO)(CO)CO)cc1C(C)(C)C. The van der Waals surface area contributed by atoms with Gasteiger partial charge in [-0.25, -0.2) is 0 Å². The van der Waals surface area contributed by atoms with Gasteiger partial charge in [0.05, 0.1) is 25.2 Å². The maximum absolute atomic E-state index is 10.7. The molecule has 0 aliphatic rings. The molecule has 0 radical (unpaired) electrons. The summed E-state index contributed by atoms with van der Waals surface area (Å²) in [5.74, 6) is 0.723. The van der Waals surface area contributed by atoms with Gasteiger partial charge >= 0.3 is 0 Å². The number of benzene rings is 2. The normalized spacial score (nSPS) is 14.5. The maximum Gasteiger partial charge on any atom is 0.136 e. The van der Waals surface area contributed by atoms with E-state index < -0.39 is 31.3 Å². The second-order valence-electron chi connectivity index (χ2n) is 15.8. The maximum atomic E-state index is 10.7. The van der Waals surface area contributed by atoms with E-state index in [1.807, 2.05) is 0 Å². The molecule has 0 aliphatic heterocycles. The molecule has 0 saturated heterocycles. The lowest BCUT2D eigenvalue weighted by Gasteiger charge is -2.41. The van der Waals surface area contributed by atoms with E-state index in [9.17, 15) is 15.3 Å². The van der Waals surface area contributed by atoms with Crippen molar-refractivity contribution in [1.29, 1.82) is 0 Å². The minimum Gasteiger partial charge on any atom is -0.485 e. The van der Waals surface area contributed by atoms with E-state index in [1.54, 1.807) is 0 Å². The molecule has 1 unspecified atom stereocenters. The molecule has 0 aromatic heterocycles. The van der Waals surface area contributed by atoms with Crippen LogP contribution in [0.15, 0.2) is 24.3 Å². The fourth-order valence-corrected chi connectivity index (χ4v) is 5.62. The predicted molar refractivity (Wildman–Crippen MR) is 164 cm³/mol. The fourth-order valence-electron chi connectivity index (χ4n) is 5.62. The van der Waals surface area contributed by atoms with Crippen molar-refractivity contribution in [2.24, 2.45) is 5.41 Å². The third-order valence-electron chi connectivity index (χ3n) is 7.98. The smallest absolute Gasteiger partial charge is 0.136 e. The van der Waals surface area contributed by atoms with Gasteiger partial charge < -0.3 is 20.1 Å². The molecule has 0 fully saturated rings. The minimum atomic E-state index is -1.30. The van der Waals surface area contributed by atoms with Crippen molar-refractivity contribution >= 4 is 0 Å². The highest BCUT2D eigenvalue weighted by Gasteiger charge is 2.44. The van der Waals surface area contributed by atoms with Gasteiger partial charge in [-0.1, -0.05) is 101 Å². The number of aryl methyl sites for hydroxylation is 2. The van der Waals surface area contributed by atoms with Gasteiger partial charge in [0.25, 0.3) is 0 Å². The molecular formula is C35H56O4. The number of rotatable bonds is 7. The van der Waals surface area contributed by atoms with Crippen molar-refractivity contribution in [3.05, 3.63) is 63.2 Å².